The van der Waals surface area contributed by atoms with Gasteiger partial charge in [0.25, 0.3) is 0 Å². The van der Waals surface area contributed by atoms with E-state index in [4.69, 9.17) is 65.4 Å². The number of ether oxygens (including phenoxy) is 6. The van der Waals surface area contributed by atoms with E-state index in [1.165, 1.54) is 48.5 Å². The van der Waals surface area contributed by atoms with Crippen molar-refractivity contribution in [3.63, 3.8) is 0 Å². The number of allylic oxidation sites excluding steroid dienone is 12. The van der Waals surface area contributed by atoms with Crippen LogP contribution >= 0.6 is 0 Å². The minimum atomic E-state index is -2.72. The van der Waals surface area contributed by atoms with Crippen molar-refractivity contribution in [1.82, 2.24) is 0 Å². The number of unbranched alkanes of at least 4 members (excludes halogenated alkanes) is 6. The Kier molecular flexibility index (Phi) is 23.8. The fraction of sp³-hybridized carbons (Fsp3) is 0.619. The average Bonchev–Trinajstić information content (AvgIpc) is 0.694. The van der Waals surface area contributed by atoms with Crippen molar-refractivity contribution in [2.75, 3.05) is 0 Å². The zero-order valence-corrected chi connectivity index (χ0v) is 86.2. The molecule has 0 bridgehead atoms. The third kappa shape index (κ3) is 25.0. The Morgan fingerprint density at radius 1 is 0.268 bits per heavy atom. The minimum Gasteiger partial charge on any atom is -0.507 e. The van der Waals surface area contributed by atoms with Crippen molar-refractivity contribution in [2.24, 2.45) is 35.5 Å². The van der Waals surface area contributed by atoms with Gasteiger partial charge in [-0.25, -0.2) is 0 Å². The zero-order valence-electron chi connectivity index (χ0n) is 117. The number of benzene rings is 6. The van der Waals surface area contributed by atoms with E-state index in [0.717, 1.165) is 88.7 Å². The average molecular weight is 1920 g/mol. The number of hydrogen-bond donors (Lipinski definition) is 6. The molecule has 6 aromatic rings. The molecule has 12 heteroatoms. The highest BCUT2D eigenvalue weighted by Crippen LogP contribution is 2.61. The van der Waals surface area contributed by atoms with Crippen LogP contribution in [-0.2, 0) is 38.2 Å². The fourth-order valence-corrected chi connectivity index (χ4v) is 21.8. The van der Waals surface area contributed by atoms with E-state index in [9.17, 15) is 36.1 Å². The van der Waals surface area contributed by atoms with E-state index in [0.29, 0.717) is 167 Å². The Morgan fingerprint density at radius 3 is 0.768 bits per heavy atom. The van der Waals surface area contributed by atoms with Crippen LogP contribution in [0.1, 0.15) is 503 Å². The summed E-state index contributed by atoms with van der Waals surface area (Å²) in [4.78, 5) is 0. The number of hydrogen-bond acceptors (Lipinski definition) is 12. The molecule has 6 aromatic carbocycles. The summed E-state index contributed by atoms with van der Waals surface area (Å²) in [7, 11) is 0. The smallest absolute Gasteiger partial charge is 0.127 e. The molecule has 18 rings (SSSR count). The van der Waals surface area contributed by atoms with Crippen molar-refractivity contribution in [3.05, 3.63) is 209 Å². The van der Waals surface area contributed by atoms with Crippen LogP contribution in [0.5, 0.6) is 69.0 Å². The van der Waals surface area contributed by atoms with Crippen LogP contribution in [0.4, 0.5) is 0 Å². The molecule has 12 nitrogen and oxygen atoms in total. The zero-order chi connectivity index (χ0) is 127. The van der Waals surface area contributed by atoms with Crippen LogP contribution in [0, 0.1) is 35.5 Å². The van der Waals surface area contributed by atoms with Gasteiger partial charge in [0.2, 0.25) is 0 Å². The molecule has 0 unspecified atom stereocenters. The van der Waals surface area contributed by atoms with E-state index < -0.39 is 153 Å². The topological polar surface area (TPSA) is 177 Å². The van der Waals surface area contributed by atoms with Crippen LogP contribution in [0.2, 0.25) is 0 Å². The summed E-state index contributed by atoms with van der Waals surface area (Å²) in [6.07, 6.45) is 11.1. The highest BCUT2D eigenvalue weighted by Gasteiger charge is 2.52. The SMILES string of the molecule is [2H]C([2H])(CCCC)c1cc(O)c2c(c1)OC(C)(C)[C@@H]1CCC(C)=C[C@@]21[2H].[2H]C([2H])([2H])C1=C[C@@]2([2H])c3c(O)cc(C([2H])([2H])CCCC)cc3OC(C)(C)[C@@H]2CC1.[2H]C([2H])([2H])C1=C[C@@]2([2H])c3c(O)cc(C([2H])([2H])CCCC)cc3OC(C)(C)[C@@H]2CC1([2H])[2H].[2H]C([2H])([2H])C1=C[C@H]2c3c(O)cc(C([2H])([2H])CCCC)cc3OC(C)(C)[C@@H]2CC1.[2H]C1([2H])C[C@@H]2[C@@H](C=C1C)c1c(O)cc(C([2H])([2H])CCCC)cc1OC2(C)C.[2H]C1([2H])C[C@H]2C(C)(C)Oc3cc(C([2H])([2H])CCCC)cc(O)c3[C@]2([2H])C=C1C. The van der Waals surface area contributed by atoms with Gasteiger partial charge in [-0.3, -0.25) is 0 Å². The molecule has 6 aliphatic carbocycles. The third-order valence-corrected chi connectivity index (χ3v) is 29.4. The van der Waals surface area contributed by atoms with Crippen LogP contribution in [0.25, 0.3) is 0 Å². The van der Waals surface area contributed by atoms with Gasteiger partial charge in [-0.1, -0.05) is 188 Å². The molecule has 12 atom stereocenters. The van der Waals surface area contributed by atoms with Crippen molar-refractivity contribution in [3.8, 4) is 69.0 Å². The molecule has 0 radical (unpaired) electrons. The third-order valence-electron chi connectivity index (χ3n) is 29.4. The first-order valence-electron chi connectivity index (χ1n) is 66.8. The summed E-state index contributed by atoms with van der Waals surface area (Å²) in [6.45, 7) is 33.1. The molecule has 6 heterocycles. The minimum absolute atomic E-state index is 0.0126. The fourth-order valence-electron chi connectivity index (χ4n) is 21.8. The maximum atomic E-state index is 10.9. The lowest BCUT2D eigenvalue weighted by Gasteiger charge is -2.46. The Balaban J connectivity index is 0.000000166. The maximum Gasteiger partial charge on any atom is 0.127 e. The lowest BCUT2D eigenvalue weighted by Crippen LogP contribution is -2.45. The molecule has 138 heavy (non-hydrogen) atoms. The normalized spacial score (nSPS) is 32.6. The Hall–Kier alpha value is -8.64. The molecule has 0 spiro atoms. The second-order valence-electron chi connectivity index (χ2n) is 42.8. The Morgan fingerprint density at radius 2 is 0.471 bits per heavy atom. The van der Waals surface area contributed by atoms with Gasteiger partial charge in [0.15, 0.2) is 0 Å². The van der Waals surface area contributed by atoms with Crippen LogP contribution in [0.3, 0.4) is 0 Å². The lowest BCUT2D eigenvalue weighted by molar-refractivity contribution is 0.0104. The molecule has 6 N–H and O–H groups in total. The van der Waals surface area contributed by atoms with Gasteiger partial charge in [0.1, 0.15) is 103 Å². The van der Waals surface area contributed by atoms with Crippen molar-refractivity contribution in [1.29, 1.82) is 0 Å². The highest BCUT2D eigenvalue weighted by molar-refractivity contribution is 5.60. The van der Waals surface area contributed by atoms with E-state index >= 15 is 0 Å². The van der Waals surface area contributed by atoms with E-state index in [1.54, 1.807) is 70.2 Å². The number of aryl methyl sites for hydroxylation is 6. The molecule has 0 saturated heterocycles. The summed E-state index contributed by atoms with van der Waals surface area (Å²) in [5.74, 6) is -6.18. The van der Waals surface area contributed by atoms with Crippen LogP contribution in [0.15, 0.2) is 143 Å². The van der Waals surface area contributed by atoms with E-state index in [-0.39, 0.29) is 123 Å². The summed E-state index contributed by atoms with van der Waals surface area (Å²) in [5, 5.41) is 64.9. The number of rotatable bonds is 24. The molecule has 12 aliphatic rings. The first kappa shape index (κ1) is 71.7. The molecular weight excluding hydrogens is 1710 g/mol. The van der Waals surface area contributed by atoms with Gasteiger partial charge in [-0.2, -0.15) is 0 Å². The van der Waals surface area contributed by atoms with Crippen molar-refractivity contribution < 1.29 is 102 Å². The Bertz CT molecular complexity index is 6920. The monoisotopic (exact) mass is 1920 g/mol. The molecule has 0 fully saturated rings. The molecule has 0 amide bonds. The first-order chi connectivity index (χ1) is 77.2. The van der Waals surface area contributed by atoms with Gasteiger partial charge < -0.3 is 59.1 Å². The maximum absolute atomic E-state index is 10.9. The van der Waals surface area contributed by atoms with Gasteiger partial charge >= 0.3 is 0 Å². The van der Waals surface area contributed by atoms with Crippen LogP contribution in [-0.4, -0.2) is 64.2 Å². The summed E-state index contributed by atoms with van der Waals surface area (Å²) >= 11 is 0. The molecular formula is C126H180O12. The van der Waals surface area contributed by atoms with E-state index in [1.807, 2.05) is 130 Å². The Labute approximate surface area is 877 Å². The van der Waals surface area contributed by atoms with E-state index in [2.05, 4.69) is 0 Å². The highest BCUT2D eigenvalue weighted by atomic mass is 16.5. The summed E-state index contributed by atoms with van der Waals surface area (Å²) < 4.78 is 295. The number of phenols is 6. The number of aromatic hydroxyl groups is 6. The molecule has 756 valence electrons. The predicted molar refractivity (Wildman–Crippen MR) is 572 cm³/mol. The largest absolute Gasteiger partial charge is 0.507 e. The molecule has 0 saturated carbocycles. The predicted octanol–water partition coefficient (Wildman–Crippen LogP) is 34.4. The second kappa shape index (κ2) is 45.7. The van der Waals surface area contributed by atoms with Gasteiger partial charge in [0, 0.05) is 147 Å². The second-order valence-corrected chi connectivity index (χ2v) is 42.8. The lowest BCUT2D eigenvalue weighted by atomic mass is 9.68. The quantitative estimate of drug-likeness (QED) is 0.0317. The summed E-state index contributed by atoms with van der Waals surface area (Å²) in [5.41, 5.74) is 2.69. The standard InChI is InChI=1S/6C21H30O2/c6*1-5-6-7-8-15-12-18(22)20-16-11-14(2)9-10-17(16)21(3,4)23-19(20)13-15/h6*11-13,16-17,22H,5-10H2,1-4H3/t6*16-,17-/m111111/s1/i2D3,8D2,9D2,16D;8D2,9D2,16D;2D3,8D2,16D;8D2,16D;8D2,9D2;2D3,8D2. The van der Waals surface area contributed by atoms with Gasteiger partial charge in [-0.15, -0.1) is 0 Å². The number of fused-ring (bicyclic) bond motifs is 18. The molecule has 6 aliphatic heterocycles. The summed E-state index contributed by atoms with van der Waals surface area (Å²) in [6, 6.07) is 18.4. The van der Waals surface area contributed by atoms with Gasteiger partial charge in [-0.05, 0) is 384 Å². The first-order valence-corrected chi connectivity index (χ1v) is 51.3. The number of phenolic OH excluding ortho intramolecular Hbond substituents is 6. The molecule has 0 aromatic heterocycles. The van der Waals surface area contributed by atoms with Crippen molar-refractivity contribution >= 4 is 0 Å². The van der Waals surface area contributed by atoms with Crippen LogP contribution < -0.4 is 28.4 Å². The van der Waals surface area contributed by atoms with Crippen molar-refractivity contribution in [2.45, 2.75) is 466 Å². The van der Waals surface area contributed by atoms with Gasteiger partial charge in [0.05, 0.1) is 0 Å².